The molecule has 0 spiro atoms. The molecule has 8 nitrogen and oxygen atoms in total. The number of rotatable bonds is 4. The third kappa shape index (κ3) is 3.31. The maximum absolute atomic E-state index is 9.47. The highest BCUT2D eigenvalue weighted by Crippen LogP contribution is 2.27. The topological polar surface area (TPSA) is 103 Å². The monoisotopic (exact) mass is 327 g/mol. The molecule has 126 valence electrons. The van der Waals surface area contributed by atoms with Crippen LogP contribution in [0.25, 0.3) is 0 Å². The maximum Gasteiger partial charge on any atom is 0.230 e. The minimum absolute atomic E-state index is 0.215. The lowest BCUT2D eigenvalue weighted by molar-refractivity contribution is 0.0985. The molecule has 0 aromatic carbocycles. The SMILES string of the molecule is CC1COCCN1c1cc(C(C)(C)C#N)nc(Nc2ccn[nH]2)n1. The van der Waals surface area contributed by atoms with Crippen LogP contribution in [-0.2, 0) is 10.2 Å². The van der Waals surface area contributed by atoms with Crippen LogP contribution >= 0.6 is 0 Å². The van der Waals surface area contributed by atoms with E-state index in [0.717, 1.165) is 12.4 Å². The normalized spacial score (nSPS) is 18.2. The third-order valence-electron chi connectivity index (χ3n) is 4.04. The number of nitrogens with one attached hydrogen (secondary N) is 2. The zero-order valence-electron chi connectivity index (χ0n) is 14.1. The van der Waals surface area contributed by atoms with Crippen LogP contribution in [0.15, 0.2) is 18.3 Å². The Bertz CT molecular complexity index is 735. The molecule has 8 heteroatoms. The summed E-state index contributed by atoms with van der Waals surface area (Å²) < 4.78 is 5.50. The molecule has 0 radical (unpaired) electrons. The summed E-state index contributed by atoms with van der Waals surface area (Å²) in [6.07, 6.45) is 1.65. The molecule has 0 aliphatic carbocycles. The van der Waals surface area contributed by atoms with Gasteiger partial charge in [-0.2, -0.15) is 15.3 Å². The van der Waals surface area contributed by atoms with E-state index in [1.807, 2.05) is 19.9 Å². The highest BCUT2D eigenvalue weighted by molar-refractivity contribution is 5.53. The third-order valence-corrected chi connectivity index (χ3v) is 4.04. The predicted octanol–water partition coefficient (Wildman–Crippen LogP) is 1.97. The van der Waals surface area contributed by atoms with Crippen molar-refractivity contribution in [2.45, 2.75) is 32.2 Å². The number of nitriles is 1. The number of ether oxygens (including phenoxy) is 1. The molecule has 0 amide bonds. The standard InChI is InChI=1S/C16H21N7O/c1-11-9-24-7-6-23(11)14-8-12(16(2,3)10-17)19-15(21-14)20-13-4-5-18-22-13/h4-5,8,11H,6-7,9H2,1-3H3,(H2,18,19,20,21,22). The van der Waals surface area contributed by atoms with Gasteiger partial charge < -0.3 is 15.0 Å². The van der Waals surface area contributed by atoms with Crippen LogP contribution in [-0.4, -0.2) is 46.0 Å². The van der Waals surface area contributed by atoms with E-state index in [1.54, 1.807) is 12.3 Å². The van der Waals surface area contributed by atoms with E-state index in [1.165, 1.54) is 0 Å². The first-order valence-electron chi connectivity index (χ1n) is 7.91. The quantitative estimate of drug-likeness (QED) is 0.885. The van der Waals surface area contributed by atoms with Crippen molar-refractivity contribution in [3.05, 3.63) is 24.0 Å². The highest BCUT2D eigenvalue weighted by Gasteiger charge is 2.27. The Labute approximate surface area is 140 Å². The van der Waals surface area contributed by atoms with Crippen LogP contribution < -0.4 is 10.2 Å². The number of anilines is 3. The van der Waals surface area contributed by atoms with Crippen molar-refractivity contribution in [3.8, 4) is 6.07 Å². The fourth-order valence-corrected chi connectivity index (χ4v) is 2.53. The molecule has 1 aliphatic heterocycles. The van der Waals surface area contributed by atoms with Crippen molar-refractivity contribution in [1.82, 2.24) is 20.2 Å². The van der Waals surface area contributed by atoms with E-state index in [9.17, 15) is 5.26 Å². The number of aromatic nitrogens is 4. The van der Waals surface area contributed by atoms with Crippen molar-refractivity contribution < 1.29 is 4.74 Å². The van der Waals surface area contributed by atoms with Gasteiger partial charge in [-0.15, -0.1) is 0 Å². The second kappa shape index (κ2) is 6.45. The fraction of sp³-hybridized carbons (Fsp3) is 0.500. The summed E-state index contributed by atoms with van der Waals surface area (Å²) in [6, 6.07) is 6.20. The summed E-state index contributed by atoms with van der Waals surface area (Å²) in [7, 11) is 0. The van der Waals surface area contributed by atoms with Crippen molar-refractivity contribution >= 4 is 17.6 Å². The molecule has 24 heavy (non-hydrogen) atoms. The fourth-order valence-electron chi connectivity index (χ4n) is 2.53. The Kier molecular flexibility index (Phi) is 4.36. The van der Waals surface area contributed by atoms with Gasteiger partial charge in [0.05, 0.1) is 42.6 Å². The molecule has 1 aliphatic rings. The predicted molar refractivity (Wildman–Crippen MR) is 90.2 cm³/mol. The minimum atomic E-state index is -0.711. The van der Waals surface area contributed by atoms with E-state index in [-0.39, 0.29) is 6.04 Å². The van der Waals surface area contributed by atoms with Crippen molar-refractivity contribution in [2.75, 3.05) is 30.0 Å². The van der Waals surface area contributed by atoms with Crippen LogP contribution in [0.3, 0.4) is 0 Å². The van der Waals surface area contributed by atoms with Crippen LogP contribution in [0, 0.1) is 11.3 Å². The van der Waals surface area contributed by atoms with E-state index in [2.05, 4.69) is 43.4 Å². The van der Waals surface area contributed by atoms with E-state index < -0.39 is 5.41 Å². The molecular weight excluding hydrogens is 306 g/mol. The van der Waals surface area contributed by atoms with Gasteiger partial charge in [-0.25, -0.2) is 4.98 Å². The van der Waals surface area contributed by atoms with E-state index in [4.69, 9.17) is 4.74 Å². The van der Waals surface area contributed by atoms with Crippen molar-refractivity contribution in [2.24, 2.45) is 0 Å². The average molecular weight is 327 g/mol. The van der Waals surface area contributed by atoms with Gasteiger partial charge in [0, 0.05) is 18.7 Å². The smallest absolute Gasteiger partial charge is 0.230 e. The molecule has 1 saturated heterocycles. The van der Waals surface area contributed by atoms with Gasteiger partial charge in [-0.1, -0.05) is 0 Å². The molecule has 2 aromatic rings. The summed E-state index contributed by atoms with van der Waals surface area (Å²) in [5, 5.41) is 19.3. The molecule has 1 atom stereocenters. The lowest BCUT2D eigenvalue weighted by Crippen LogP contribution is -2.44. The summed E-state index contributed by atoms with van der Waals surface area (Å²) in [5.74, 6) is 1.93. The largest absolute Gasteiger partial charge is 0.377 e. The van der Waals surface area contributed by atoms with Crippen molar-refractivity contribution in [1.29, 1.82) is 5.26 Å². The summed E-state index contributed by atoms with van der Waals surface area (Å²) in [6.45, 7) is 7.87. The summed E-state index contributed by atoms with van der Waals surface area (Å²) in [4.78, 5) is 11.3. The maximum atomic E-state index is 9.47. The van der Waals surface area contributed by atoms with Gasteiger partial charge in [0.25, 0.3) is 0 Å². The molecular formula is C16H21N7O. The first-order valence-corrected chi connectivity index (χ1v) is 7.91. The first-order chi connectivity index (χ1) is 11.5. The Morgan fingerprint density at radius 1 is 1.46 bits per heavy atom. The van der Waals surface area contributed by atoms with Crippen molar-refractivity contribution in [3.63, 3.8) is 0 Å². The lowest BCUT2D eigenvalue weighted by atomic mass is 9.91. The molecule has 3 rings (SSSR count). The number of nitrogens with zero attached hydrogens (tertiary/aromatic N) is 5. The molecule has 0 saturated carbocycles. The molecule has 2 aromatic heterocycles. The van der Waals surface area contributed by atoms with Gasteiger partial charge in [-0.3, -0.25) is 5.10 Å². The van der Waals surface area contributed by atoms with Crippen LogP contribution in [0.2, 0.25) is 0 Å². The van der Waals surface area contributed by atoms with Gasteiger partial charge in [-0.05, 0) is 20.8 Å². The van der Waals surface area contributed by atoms with Gasteiger partial charge in [0.15, 0.2) is 0 Å². The molecule has 0 bridgehead atoms. The Morgan fingerprint density at radius 3 is 2.96 bits per heavy atom. The Balaban J connectivity index is 2.01. The van der Waals surface area contributed by atoms with E-state index >= 15 is 0 Å². The van der Waals surface area contributed by atoms with Crippen LogP contribution in [0.4, 0.5) is 17.6 Å². The second-order valence-corrected chi connectivity index (χ2v) is 6.38. The van der Waals surface area contributed by atoms with E-state index in [0.29, 0.717) is 30.7 Å². The van der Waals surface area contributed by atoms with Crippen LogP contribution in [0.5, 0.6) is 0 Å². The first kappa shape index (κ1) is 16.2. The Hall–Kier alpha value is -2.66. The van der Waals surface area contributed by atoms with Gasteiger partial charge >= 0.3 is 0 Å². The van der Waals surface area contributed by atoms with Gasteiger partial charge in [0.2, 0.25) is 5.95 Å². The number of hydrogen-bond acceptors (Lipinski definition) is 7. The zero-order valence-corrected chi connectivity index (χ0v) is 14.1. The highest BCUT2D eigenvalue weighted by atomic mass is 16.5. The lowest BCUT2D eigenvalue weighted by Gasteiger charge is -2.34. The molecule has 1 unspecified atom stereocenters. The molecule has 1 fully saturated rings. The summed E-state index contributed by atoms with van der Waals surface area (Å²) >= 11 is 0. The number of hydrogen-bond donors (Lipinski definition) is 2. The number of morpholine rings is 1. The zero-order chi connectivity index (χ0) is 17.2. The van der Waals surface area contributed by atoms with Crippen LogP contribution in [0.1, 0.15) is 26.5 Å². The van der Waals surface area contributed by atoms with Gasteiger partial charge in [0.1, 0.15) is 11.6 Å². The summed E-state index contributed by atoms with van der Waals surface area (Å²) in [5.41, 5.74) is -0.0341. The Morgan fingerprint density at radius 2 is 2.29 bits per heavy atom. The molecule has 2 N–H and O–H groups in total. The number of H-pyrrole nitrogens is 1. The minimum Gasteiger partial charge on any atom is -0.377 e. The average Bonchev–Trinajstić information content (AvgIpc) is 3.08. The number of aromatic amines is 1. The molecule has 3 heterocycles. The second-order valence-electron chi connectivity index (χ2n) is 6.38.